The molecule has 0 bridgehead atoms. The minimum atomic E-state index is -0.522. The van der Waals surface area contributed by atoms with Crippen LogP contribution in [0.3, 0.4) is 0 Å². The lowest BCUT2D eigenvalue weighted by Gasteiger charge is -2.44. The van der Waals surface area contributed by atoms with Gasteiger partial charge in [-0.05, 0) is 61.7 Å². The maximum absolute atomic E-state index is 13.2. The molecular weight excluding hydrogens is 379 g/mol. The zero-order valence-electron chi connectivity index (χ0n) is 16.7. The Morgan fingerprint density at radius 1 is 1.29 bits per heavy atom. The van der Waals surface area contributed by atoms with Crippen LogP contribution in [-0.2, 0) is 0 Å². The zero-order valence-corrected chi connectivity index (χ0v) is 17.4. The third-order valence-corrected chi connectivity index (χ3v) is 6.01. The van der Waals surface area contributed by atoms with E-state index < -0.39 is 5.82 Å². The highest BCUT2D eigenvalue weighted by Gasteiger charge is 2.32. The second-order valence-electron chi connectivity index (χ2n) is 7.44. The van der Waals surface area contributed by atoms with E-state index in [0.717, 1.165) is 18.8 Å². The number of likely N-dealkylation sites (tertiary alicyclic amines) is 1. The van der Waals surface area contributed by atoms with Crippen LogP contribution in [0.1, 0.15) is 40.0 Å². The Hall–Kier alpha value is -2.11. The van der Waals surface area contributed by atoms with Gasteiger partial charge in [0.2, 0.25) is 0 Å². The SMILES string of the molecule is COc1ccc(C(C)N2CC(CNC(=O)c3ccc(F)c(Cl)c3)C2)c(C)c1C. The van der Waals surface area contributed by atoms with E-state index in [1.165, 1.54) is 34.9 Å². The van der Waals surface area contributed by atoms with Crippen LogP contribution < -0.4 is 10.1 Å². The molecule has 2 aromatic carbocycles. The normalized spacial score (nSPS) is 15.8. The van der Waals surface area contributed by atoms with Gasteiger partial charge in [0, 0.05) is 37.2 Å². The standard InChI is InChI=1S/C22H26ClFN2O2/c1-13-14(2)21(28-4)8-6-18(13)15(3)26-11-16(12-26)10-25-22(27)17-5-7-20(24)19(23)9-17/h5-9,15-16H,10-12H2,1-4H3,(H,25,27). The first kappa shape index (κ1) is 20.6. The predicted molar refractivity (Wildman–Crippen MR) is 110 cm³/mol. The number of hydrogen-bond donors (Lipinski definition) is 1. The minimum absolute atomic E-state index is 0.0403. The van der Waals surface area contributed by atoms with Crippen LogP contribution in [0.15, 0.2) is 30.3 Å². The number of carbonyl (C=O) groups is 1. The predicted octanol–water partition coefficient (Wildman–Crippen LogP) is 4.53. The molecule has 1 N–H and O–H groups in total. The van der Waals surface area contributed by atoms with Crippen molar-refractivity contribution in [2.75, 3.05) is 26.7 Å². The van der Waals surface area contributed by atoms with Gasteiger partial charge in [-0.3, -0.25) is 9.69 Å². The van der Waals surface area contributed by atoms with Gasteiger partial charge in [0.25, 0.3) is 5.91 Å². The van der Waals surface area contributed by atoms with Crippen LogP contribution in [0.4, 0.5) is 4.39 Å². The molecule has 1 saturated heterocycles. The topological polar surface area (TPSA) is 41.6 Å². The summed E-state index contributed by atoms with van der Waals surface area (Å²) in [6.07, 6.45) is 0. The Kier molecular flexibility index (Phi) is 6.26. The molecule has 1 fully saturated rings. The molecule has 1 amide bonds. The molecule has 1 heterocycles. The maximum Gasteiger partial charge on any atom is 0.251 e. The van der Waals surface area contributed by atoms with E-state index in [-0.39, 0.29) is 10.9 Å². The number of nitrogens with one attached hydrogen (secondary N) is 1. The summed E-state index contributed by atoms with van der Waals surface area (Å²) in [4.78, 5) is 14.6. The average Bonchev–Trinajstić information content (AvgIpc) is 2.64. The lowest BCUT2D eigenvalue weighted by atomic mass is 9.91. The summed E-state index contributed by atoms with van der Waals surface area (Å²) in [6.45, 7) is 8.88. The molecule has 6 heteroatoms. The number of rotatable bonds is 6. The molecule has 150 valence electrons. The molecule has 0 radical (unpaired) electrons. The summed E-state index contributed by atoms with van der Waals surface area (Å²) >= 11 is 5.74. The van der Waals surface area contributed by atoms with Crippen LogP contribution in [-0.4, -0.2) is 37.6 Å². The van der Waals surface area contributed by atoms with Crippen molar-refractivity contribution in [1.82, 2.24) is 10.2 Å². The van der Waals surface area contributed by atoms with Crippen molar-refractivity contribution in [2.45, 2.75) is 26.8 Å². The molecule has 1 unspecified atom stereocenters. The fourth-order valence-electron chi connectivity index (χ4n) is 3.72. The van der Waals surface area contributed by atoms with Crippen LogP contribution in [0.5, 0.6) is 5.75 Å². The fraction of sp³-hybridized carbons (Fsp3) is 0.409. The first-order valence-electron chi connectivity index (χ1n) is 9.43. The maximum atomic E-state index is 13.2. The highest BCUT2D eigenvalue weighted by atomic mass is 35.5. The van der Waals surface area contributed by atoms with Crippen molar-refractivity contribution < 1.29 is 13.9 Å². The lowest BCUT2D eigenvalue weighted by molar-refractivity contribution is 0.0569. The molecule has 0 aliphatic carbocycles. The Bertz CT molecular complexity index is 881. The Labute approximate surface area is 170 Å². The molecule has 2 aromatic rings. The van der Waals surface area contributed by atoms with E-state index in [9.17, 15) is 9.18 Å². The van der Waals surface area contributed by atoms with Gasteiger partial charge < -0.3 is 10.1 Å². The van der Waals surface area contributed by atoms with Crippen LogP contribution in [0.2, 0.25) is 5.02 Å². The van der Waals surface area contributed by atoms with Gasteiger partial charge in [0.15, 0.2) is 0 Å². The van der Waals surface area contributed by atoms with Crippen molar-refractivity contribution in [3.05, 3.63) is 63.4 Å². The van der Waals surface area contributed by atoms with Gasteiger partial charge in [0.05, 0.1) is 12.1 Å². The second kappa shape index (κ2) is 8.50. The third-order valence-electron chi connectivity index (χ3n) is 5.72. The average molecular weight is 405 g/mol. The summed E-state index contributed by atoms with van der Waals surface area (Å²) in [5.41, 5.74) is 4.12. The Morgan fingerprint density at radius 3 is 2.64 bits per heavy atom. The van der Waals surface area contributed by atoms with Crippen molar-refractivity contribution in [3.8, 4) is 5.75 Å². The molecule has 28 heavy (non-hydrogen) atoms. The lowest BCUT2D eigenvalue weighted by Crippen LogP contribution is -2.52. The summed E-state index contributed by atoms with van der Waals surface area (Å²) in [5.74, 6) is 0.571. The summed E-state index contributed by atoms with van der Waals surface area (Å²) in [5, 5.41) is 2.88. The minimum Gasteiger partial charge on any atom is -0.496 e. The van der Waals surface area contributed by atoms with Crippen molar-refractivity contribution in [2.24, 2.45) is 5.92 Å². The van der Waals surface area contributed by atoms with E-state index >= 15 is 0 Å². The molecule has 0 aromatic heterocycles. The van der Waals surface area contributed by atoms with Crippen LogP contribution >= 0.6 is 11.6 Å². The van der Waals surface area contributed by atoms with E-state index in [1.807, 2.05) is 6.07 Å². The quantitative estimate of drug-likeness (QED) is 0.769. The van der Waals surface area contributed by atoms with Crippen molar-refractivity contribution in [3.63, 3.8) is 0 Å². The van der Waals surface area contributed by atoms with Crippen molar-refractivity contribution >= 4 is 17.5 Å². The highest BCUT2D eigenvalue weighted by molar-refractivity contribution is 6.31. The molecule has 0 spiro atoms. The fourth-order valence-corrected chi connectivity index (χ4v) is 3.90. The van der Waals surface area contributed by atoms with E-state index in [1.54, 1.807) is 7.11 Å². The summed E-state index contributed by atoms with van der Waals surface area (Å²) in [6, 6.07) is 8.49. The third kappa shape index (κ3) is 4.15. The van der Waals surface area contributed by atoms with Crippen LogP contribution in [0.25, 0.3) is 0 Å². The monoisotopic (exact) mass is 404 g/mol. The number of ether oxygens (including phenoxy) is 1. The van der Waals surface area contributed by atoms with Gasteiger partial charge in [0.1, 0.15) is 11.6 Å². The van der Waals surface area contributed by atoms with E-state index in [4.69, 9.17) is 16.3 Å². The van der Waals surface area contributed by atoms with Gasteiger partial charge >= 0.3 is 0 Å². The molecular formula is C22H26ClFN2O2. The van der Waals surface area contributed by atoms with Crippen molar-refractivity contribution in [1.29, 1.82) is 0 Å². The molecule has 3 rings (SSSR count). The Balaban J connectivity index is 1.52. The molecule has 0 saturated carbocycles. The first-order valence-corrected chi connectivity index (χ1v) is 9.81. The number of benzene rings is 2. The number of nitrogens with zero attached hydrogens (tertiary/aromatic N) is 1. The Morgan fingerprint density at radius 2 is 2.00 bits per heavy atom. The van der Waals surface area contributed by atoms with Crippen LogP contribution in [0, 0.1) is 25.6 Å². The van der Waals surface area contributed by atoms with Gasteiger partial charge in [-0.25, -0.2) is 4.39 Å². The molecule has 1 aliphatic heterocycles. The molecule has 4 nitrogen and oxygen atoms in total. The van der Waals surface area contributed by atoms with Gasteiger partial charge in [-0.1, -0.05) is 17.7 Å². The summed E-state index contributed by atoms with van der Waals surface area (Å²) in [7, 11) is 1.69. The summed E-state index contributed by atoms with van der Waals surface area (Å²) < 4.78 is 18.6. The zero-order chi connectivity index (χ0) is 20.4. The first-order chi connectivity index (χ1) is 13.3. The largest absolute Gasteiger partial charge is 0.496 e. The number of carbonyl (C=O) groups excluding carboxylic acids is 1. The smallest absolute Gasteiger partial charge is 0.251 e. The van der Waals surface area contributed by atoms with Gasteiger partial charge in [-0.2, -0.15) is 0 Å². The number of halogens is 2. The molecule has 1 atom stereocenters. The number of hydrogen-bond acceptors (Lipinski definition) is 3. The number of amides is 1. The number of methoxy groups -OCH3 is 1. The van der Waals surface area contributed by atoms with E-state index in [2.05, 4.69) is 37.1 Å². The van der Waals surface area contributed by atoms with Gasteiger partial charge in [-0.15, -0.1) is 0 Å². The highest BCUT2D eigenvalue weighted by Crippen LogP contribution is 2.33. The van der Waals surface area contributed by atoms with E-state index in [0.29, 0.717) is 24.1 Å². The second-order valence-corrected chi connectivity index (χ2v) is 7.85. The molecule has 1 aliphatic rings.